The lowest BCUT2D eigenvalue weighted by Crippen LogP contribution is -2.11. The Balaban J connectivity index is 3.20. The average molecular weight is 176 g/mol. The Labute approximate surface area is 77.1 Å². The number of amidine groups is 1. The first kappa shape index (κ1) is 9.45. The van der Waals surface area contributed by atoms with Crippen LogP contribution in [0.1, 0.15) is 28.4 Å². The normalized spacial score (nSPS) is 9.69. The second-order valence-electron chi connectivity index (χ2n) is 3.00. The predicted octanol–water partition coefficient (Wildman–Crippen LogP) is 1.48. The lowest BCUT2D eigenvalue weighted by molar-refractivity contribution is 0.101. The third kappa shape index (κ3) is 1.93. The molecule has 0 heterocycles. The Morgan fingerprint density at radius 3 is 2.46 bits per heavy atom. The molecule has 0 fully saturated rings. The van der Waals surface area contributed by atoms with Crippen LogP contribution in [0.4, 0.5) is 0 Å². The molecule has 0 aliphatic carbocycles. The maximum absolute atomic E-state index is 11.1. The molecule has 0 saturated heterocycles. The molecule has 0 saturated carbocycles. The molecule has 3 N–H and O–H groups in total. The Kier molecular flexibility index (Phi) is 2.46. The summed E-state index contributed by atoms with van der Waals surface area (Å²) in [6, 6.07) is 5.14. The smallest absolute Gasteiger partial charge is 0.160 e. The fourth-order valence-corrected chi connectivity index (χ4v) is 1.23. The zero-order valence-electron chi connectivity index (χ0n) is 7.72. The number of hydrogen-bond acceptors (Lipinski definition) is 2. The third-order valence-electron chi connectivity index (χ3n) is 1.92. The van der Waals surface area contributed by atoms with E-state index in [1.54, 1.807) is 18.2 Å². The molecule has 0 bridgehead atoms. The fraction of sp³-hybridized carbons (Fsp3) is 0.200. The van der Waals surface area contributed by atoms with Crippen molar-refractivity contribution in [1.29, 1.82) is 5.41 Å². The monoisotopic (exact) mass is 176 g/mol. The number of ketones is 1. The third-order valence-corrected chi connectivity index (χ3v) is 1.92. The number of rotatable bonds is 2. The molecule has 0 spiro atoms. The Morgan fingerprint density at radius 1 is 1.46 bits per heavy atom. The van der Waals surface area contributed by atoms with E-state index in [2.05, 4.69) is 0 Å². The summed E-state index contributed by atoms with van der Waals surface area (Å²) in [5.74, 6) is 0.0609. The minimum Gasteiger partial charge on any atom is -0.384 e. The number of benzene rings is 1. The minimum atomic E-state index is 0.0261. The first-order chi connectivity index (χ1) is 6.02. The number of aryl methyl sites for hydroxylation is 1. The number of carbonyl (C=O) groups is 1. The Hall–Kier alpha value is -1.64. The van der Waals surface area contributed by atoms with Gasteiger partial charge in [0.2, 0.25) is 0 Å². The molecule has 0 radical (unpaired) electrons. The zero-order valence-corrected chi connectivity index (χ0v) is 7.72. The van der Waals surface area contributed by atoms with Crippen molar-refractivity contribution in [3.63, 3.8) is 0 Å². The highest BCUT2D eigenvalue weighted by Crippen LogP contribution is 2.11. The summed E-state index contributed by atoms with van der Waals surface area (Å²) in [4.78, 5) is 11.1. The predicted molar refractivity (Wildman–Crippen MR) is 52.2 cm³/mol. The SMILES string of the molecule is CC(=O)c1ccc(C(=N)N)cc1C. The van der Waals surface area contributed by atoms with E-state index < -0.39 is 0 Å². The van der Waals surface area contributed by atoms with Crippen LogP contribution in [0.15, 0.2) is 18.2 Å². The van der Waals surface area contributed by atoms with Gasteiger partial charge in [-0.15, -0.1) is 0 Å². The Morgan fingerprint density at radius 2 is 2.08 bits per heavy atom. The summed E-state index contributed by atoms with van der Waals surface area (Å²) in [5.41, 5.74) is 7.51. The van der Waals surface area contributed by atoms with Gasteiger partial charge in [-0.2, -0.15) is 0 Å². The molecule has 3 heteroatoms. The minimum absolute atomic E-state index is 0.0261. The standard InChI is InChI=1S/C10H12N2O/c1-6-5-8(10(11)12)3-4-9(6)7(2)13/h3-5H,1-2H3,(H3,11,12). The number of nitrogens with two attached hydrogens (primary N) is 1. The quantitative estimate of drug-likeness (QED) is 0.407. The molecular weight excluding hydrogens is 164 g/mol. The van der Waals surface area contributed by atoms with Crippen LogP contribution in [-0.4, -0.2) is 11.6 Å². The number of nitrogens with one attached hydrogen (secondary N) is 1. The molecule has 13 heavy (non-hydrogen) atoms. The van der Waals surface area contributed by atoms with E-state index in [4.69, 9.17) is 11.1 Å². The summed E-state index contributed by atoms with van der Waals surface area (Å²) < 4.78 is 0. The molecule has 3 nitrogen and oxygen atoms in total. The summed E-state index contributed by atoms with van der Waals surface area (Å²) in [7, 11) is 0. The molecule has 0 aliphatic heterocycles. The van der Waals surface area contributed by atoms with Gasteiger partial charge in [0.25, 0.3) is 0 Å². The zero-order chi connectivity index (χ0) is 10.0. The van der Waals surface area contributed by atoms with E-state index >= 15 is 0 Å². The van der Waals surface area contributed by atoms with Crippen molar-refractivity contribution < 1.29 is 4.79 Å². The molecule has 1 aromatic carbocycles. The number of Topliss-reactive ketones (excluding diaryl/α,β-unsaturated/α-hetero) is 1. The number of carbonyl (C=O) groups excluding carboxylic acids is 1. The van der Waals surface area contributed by atoms with E-state index in [1.807, 2.05) is 6.92 Å². The van der Waals surface area contributed by atoms with Crippen LogP contribution in [0.5, 0.6) is 0 Å². The van der Waals surface area contributed by atoms with Gasteiger partial charge in [-0.05, 0) is 25.5 Å². The van der Waals surface area contributed by atoms with Crippen molar-refractivity contribution in [1.82, 2.24) is 0 Å². The van der Waals surface area contributed by atoms with Crippen molar-refractivity contribution in [2.75, 3.05) is 0 Å². The van der Waals surface area contributed by atoms with E-state index in [1.165, 1.54) is 6.92 Å². The van der Waals surface area contributed by atoms with E-state index in [0.29, 0.717) is 11.1 Å². The van der Waals surface area contributed by atoms with Crippen LogP contribution in [-0.2, 0) is 0 Å². The summed E-state index contributed by atoms with van der Waals surface area (Å²) in [6.07, 6.45) is 0. The van der Waals surface area contributed by atoms with Gasteiger partial charge in [0.05, 0.1) is 0 Å². The molecular formula is C10H12N2O. The molecule has 1 rings (SSSR count). The largest absolute Gasteiger partial charge is 0.384 e. The van der Waals surface area contributed by atoms with Crippen LogP contribution < -0.4 is 5.73 Å². The topological polar surface area (TPSA) is 66.9 Å². The molecule has 0 atom stereocenters. The van der Waals surface area contributed by atoms with Crippen molar-refractivity contribution >= 4 is 11.6 Å². The van der Waals surface area contributed by atoms with Crippen molar-refractivity contribution in [3.8, 4) is 0 Å². The van der Waals surface area contributed by atoms with Gasteiger partial charge in [-0.25, -0.2) is 0 Å². The maximum atomic E-state index is 11.1. The van der Waals surface area contributed by atoms with Crippen LogP contribution in [0, 0.1) is 12.3 Å². The molecule has 1 aromatic rings. The lowest BCUT2D eigenvalue weighted by atomic mass is 10.0. The van der Waals surface area contributed by atoms with Crippen LogP contribution in [0.25, 0.3) is 0 Å². The average Bonchev–Trinajstić information content (AvgIpc) is 2.03. The second-order valence-corrected chi connectivity index (χ2v) is 3.00. The second kappa shape index (κ2) is 3.39. The van der Waals surface area contributed by atoms with Crippen LogP contribution >= 0.6 is 0 Å². The van der Waals surface area contributed by atoms with Gasteiger partial charge in [-0.1, -0.05) is 12.1 Å². The van der Waals surface area contributed by atoms with E-state index in [9.17, 15) is 4.79 Å². The van der Waals surface area contributed by atoms with Crippen molar-refractivity contribution in [2.45, 2.75) is 13.8 Å². The molecule has 68 valence electrons. The van der Waals surface area contributed by atoms with Crippen molar-refractivity contribution in [3.05, 3.63) is 34.9 Å². The first-order valence-corrected chi connectivity index (χ1v) is 3.98. The highest BCUT2D eigenvalue weighted by Gasteiger charge is 2.05. The number of hydrogen-bond donors (Lipinski definition) is 2. The van der Waals surface area contributed by atoms with Gasteiger partial charge in [0, 0.05) is 11.1 Å². The fourth-order valence-electron chi connectivity index (χ4n) is 1.23. The van der Waals surface area contributed by atoms with Crippen LogP contribution in [0.2, 0.25) is 0 Å². The van der Waals surface area contributed by atoms with E-state index in [-0.39, 0.29) is 11.6 Å². The molecule has 0 amide bonds. The molecule has 0 aromatic heterocycles. The van der Waals surface area contributed by atoms with Crippen molar-refractivity contribution in [2.24, 2.45) is 5.73 Å². The molecule has 0 unspecified atom stereocenters. The summed E-state index contributed by atoms with van der Waals surface area (Å²) in [5, 5.41) is 7.20. The first-order valence-electron chi connectivity index (χ1n) is 3.98. The highest BCUT2D eigenvalue weighted by molar-refractivity contribution is 5.99. The Bertz CT molecular complexity index is 369. The van der Waals surface area contributed by atoms with Gasteiger partial charge >= 0.3 is 0 Å². The van der Waals surface area contributed by atoms with Gasteiger partial charge < -0.3 is 5.73 Å². The number of nitrogen functional groups attached to an aromatic ring is 1. The van der Waals surface area contributed by atoms with E-state index in [0.717, 1.165) is 5.56 Å². The summed E-state index contributed by atoms with van der Waals surface area (Å²) in [6.45, 7) is 3.36. The molecule has 0 aliphatic rings. The summed E-state index contributed by atoms with van der Waals surface area (Å²) >= 11 is 0. The van der Waals surface area contributed by atoms with Gasteiger partial charge in [0.1, 0.15) is 5.84 Å². The van der Waals surface area contributed by atoms with Gasteiger partial charge in [-0.3, -0.25) is 10.2 Å². The lowest BCUT2D eigenvalue weighted by Gasteiger charge is -2.04. The van der Waals surface area contributed by atoms with Gasteiger partial charge in [0.15, 0.2) is 5.78 Å². The van der Waals surface area contributed by atoms with Crippen LogP contribution in [0.3, 0.4) is 0 Å². The highest BCUT2D eigenvalue weighted by atomic mass is 16.1. The maximum Gasteiger partial charge on any atom is 0.160 e.